The number of nitrogens with zero attached hydrogens (tertiary/aromatic N) is 4. The Bertz CT molecular complexity index is 1860. The zero-order valence-corrected chi connectivity index (χ0v) is 33.3. The molecule has 3 N–H and O–H groups in total. The number of nitrogens with one attached hydrogen (secondary N) is 1. The van der Waals surface area contributed by atoms with Crippen LogP contribution in [0.3, 0.4) is 0 Å². The van der Waals surface area contributed by atoms with Crippen molar-refractivity contribution in [1.29, 1.82) is 0 Å². The van der Waals surface area contributed by atoms with Crippen molar-refractivity contribution in [3.8, 4) is 23.3 Å². The van der Waals surface area contributed by atoms with Crippen LogP contribution in [0.4, 0.5) is 0 Å². The van der Waals surface area contributed by atoms with Crippen molar-refractivity contribution in [3.05, 3.63) is 107 Å². The quantitative estimate of drug-likeness (QED) is 0.185. The van der Waals surface area contributed by atoms with Crippen molar-refractivity contribution in [3.63, 3.8) is 0 Å². The van der Waals surface area contributed by atoms with Crippen LogP contribution < -0.4 is 30.0 Å². The summed E-state index contributed by atoms with van der Waals surface area (Å²) in [6.07, 6.45) is 9.10. The third-order valence-corrected chi connectivity index (χ3v) is 11.4. The van der Waals surface area contributed by atoms with E-state index in [4.69, 9.17) is 29.4 Å². The molecule has 2 atom stereocenters. The molecule has 0 radical (unpaired) electrons. The Kier molecular flexibility index (Phi) is 17.2. The molecule has 0 spiro atoms. The summed E-state index contributed by atoms with van der Waals surface area (Å²) < 4.78 is 28.9. The number of ether oxygens (including phenoxy) is 5. The molecule has 320 valence electrons. The highest BCUT2D eigenvalue weighted by Crippen LogP contribution is 2.35. The fourth-order valence-electron chi connectivity index (χ4n) is 7.96. The summed E-state index contributed by atoms with van der Waals surface area (Å²) in [5.74, 6) is 2.89. The molecule has 5 aliphatic heterocycles. The second-order valence-electron chi connectivity index (χ2n) is 15.5. The highest BCUT2D eigenvalue weighted by molar-refractivity contribution is 5.85. The zero-order chi connectivity index (χ0) is 38.1. The first-order chi connectivity index (χ1) is 27.5. The molecule has 12 nitrogen and oxygen atoms in total. The molecule has 13 heteroatoms. The normalized spacial score (nSPS) is 21.0. The van der Waals surface area contributed by atoms with E-state index in [1.807, 2.05) is 24.3 Å². The number of hydrogen-bond acceptors (Lipinski definition) is 11. The number of likely N-dealkylation sites (tertiary alicyclic amines) is 2. The molecule has 0 aliphatic carbocycles. The number of benzene rings is 2. The van der Waals surface area contributed by atoms with Gasteiger partial charge in [0.05, 0.1) is 0 Å². The second kappa shape index (κ2) is 22.2. The van der Waals surface area contributed by atoms with Crippen LogP contribution in [0.25, 0.3) is 0 Å². The summed E-state index contributed by atoms with van der Waals surface area (Å²) >= 11 is 0. The monoisotopic (exact) mass is 830 g/mol. The van der Waals surface area contributed by atoms with Crippen LogP contribution in [0, 0.1) is 5.92 Å². The summed E-state index contributed by atoms with van der Waals surface area (Å²) in [5.41, 5.74) is 10.8. The van der Waals surface area contributed by atoms with Crippen LogP contribution in [0.1, 0.15) is 87.8 Å². The Morgan fingerprint density at radius 3 is 1.59 bits per heavy atom. The van der Waals surface area contributed by atoms with Gasteiger partial charge in [0.25, 0.3) is 11.8 Å². The maximum absolute atomic E-state index is 12.5. The Labute approximate surface area is 356 Å². The van der Waals surface area contributed by atoms with Crippen LogP contribution in [0.15, 0.2) is 85.2 Å². The van der Waals surface area contributed by atoms with Gasteiger partial charge in [0.15, 0.2) is 23.7 Å². The molecule has 3 fully saturated rings. The molecular weight excluding hydrogens is 768 g/mol. The van der Waals surface area contributed by atoms with Crippen LogP contribution in [-0.4, -0.2) is 90.4 Å². The van der Waals surface area contributed by atoms with E-state index in [0.29, 0.717) is 61.8 Å². The first-order valence-corrected chi connectivity index (χ1v) is 20.3. The Morgan fingerprint density at radius 2 is 1.12 bits per heavy atom. The van der Waals surface area contributed by atoms with E-state index in [0.717, 1.165) is 88.9 Å². The molecule has 7 heterocycles. The number of aromatic nitrogens is 2. The predicted molar refractivity (Wildman–Crippen MR) is 232 cm³/mol. The molecule has 59 heavy (non-hydrogen) atoms. The molecule has 2 aromatic carbocycles. The van der Waals surface area contributed by atoms with Crippen molar-refractivity contribution in [2.75, 3.05) is 52.6 Å². The molecule has 5 aliphatic rings. The number of carbonyl (C=O) groups is 1. The maximum atomic E-state index is 12.5. The summed E-state index contributed by atoms with van der Waals surface area (Å²) in [6.45, 7) is 8.51. The van der Waals surface area contributed by atoms with Gasteiger partial charge in [0.1, 0.15) is 13.2 Å². The standard InChI is InChI=1S/C25H31N3O4.C19H23N3O2.2CH4.ClH/c29-24(20-9-14-30-15-10-20)27-21-7-12-28(13-8-21)16-18-3-5-19(6-4-18)23-17-31-22-2-1-11-26-25(22)32-23;20-16-7-10-22(11-8-16)12-14-3-5-15(6-4-14)18-13-23-17-2-1-9-21-19(17)24-18;;;/h1-6,11,20-21,23H,7-10,12-17H2,(H,27,29);1-6,9,16,18H,7-8,10-13,20H2;2*1H4;1H/t23-;18-;;;/m11.../s1. The first-order valence-electron chi connectivity index (χ1n) is 20.3. The van der Waals surface area contributed by atoms with E-state index in [2.05, 4.69) is 73.6 Å². The number of hydrogen-bond donors (Lipinski definition) is 2. The lowest BCUT2D eigenvalue weighted by Gasteiger charge is -2.33. The molecule has 9 rings (SSSR count). The van der Waals surface area contributed by atoms with E-state index in [-0.39, 0.29) is 51.3 Å². The lowest BCUT2D eigenvalue weighted by Crippen LogP contribution is -2.46. The largest absolute Gasteiger partial charge is 0.484 e. The summed E-state index contributed by atoms with van der Waals surface area (Å²) in [6, 6.07) is 25.3. The van der Waals surface area contributed by atoms with E-state index in [9.17, 15) is 4.79 Å². The van der Waals surface area contributed by atoms with Crippen LogP contribution >= 0.6 is 12.4 Å². The van der Waals surface area contributed by atoms with Crippen molar-refractivity contribution in [1.82, 2.24) is 25.1 Å². The summed E-state index contributed by atoms with van der Waals surface area (Å²) in [5, 5.41) is 3.27. The van der Waals surface area contributed by atoms with E-state index >= 15 is 0 Å². The average Bonchev–Trinajstić information content (AvgIpc) is 3.26. The van der Waals surface area contributed by atoms with Crippen LogP contribution in [0.5, 0.6) is 23.3 Å². The van der Waals surface area contributed by atoms with Gasteiger partial charge in [-0.15, -0.1) is 12.4 Å². The SMILES string of the molecule is C.C.Cl.NC1CCN(Cc2ccc([C@H]3COc4cccnc4O3)cc2)CC1.O=C(NC1CCN(Cc2ccc([C@H]3COc4cccnc4O3)cc2)CC1)C1CCOCC1. The van der Waals surface area contributed by atoms with Crippen molar-refractivity contribution in [2.24, 2.45) is 11.7 Å². The number of pyridine rings is 2. The Hall–Kier alpha value is -4.46. The number of rotatable bonds is 8. The topological polar surface area (TPSA) is 134 Å². The Balaban J connectivity index is 0.000000221. The van der Waals surface area contributed by atoms with E-state index < -0.39 is 0 Å². The number of fused-ring (bicyclic) bond motifs is 2. The molecule has 3 saturated heterocycles. The molecule has 1 amide bonds. The minimum Gasteiger partial charge on any atom is -0.484 e. The van der Waals surface area contributed by atoms with Crippen LogP contribution in [-0.2, 0) is 22.6 Å². The van der Waals surface area contributed by atoms with Crippen molar-refractivity contribution < 1.29 is 28.5 Å². The lowest BCUT2D eigenvalue weighted by atomic mass is 9.97. The fourth-order valence-corrected chi connectivity index (χ4v) is 7.96. The van der Waals surface area contributed by atoms with Gasteiger partial charge in [-0.25, -0.2) is 9.97 Å². The highest BCUT2D eigenvalue weighted by atomic mass is 35.5. The lowest BCUT2D eigenvalue weighted by molar-refractivity contribution is -0.128. The van der Waals surface area contributed by atoms with E-state index in [1.165, 1.54) is 11.1 Å². The van der Waals surface area contributed by atoms with Gasteiger partial charge in [-0.05, 0) is 98.1 Å². The minimum atomic E-state index is -0.137. The molecule has 0 saturated carbocycles. The molecular formula is C46H63ClN6O6. The van der Waals surface area contributed by atoms with Gasteiger partial charge >= 0.3 is 0 Å². The molecule has 2 aromatic heterocycles. The van der Waals surface area contributed by atoms with Gasteiger partial charge < -0.3 is 34.7 Å². The number of nitrogens with two attached hydrogens (primary N) is 1. The summed E-state index contributed by atoms with van der Waals surface area (Å²) in [4.78, 5) is 25.9. The highest BCUT2D eigenvalue weighted by Gasteiger charge is 2.28. The third-order valence-electron chi connectivity index (χ3n) is 11.4. The van der Waals surface area contributed by atoms with E-state index in [1.54, 1.807) is 12.4 Å². The minimum absolute atomic E-state index is 0. The zero-order valence-electron chi connectivity index (χ0n) is 32.5. The summed E-state index contributed by atoms with van der Waals surface area (Å²) in [7, 11) is 0. The smallest absolute Gasteiger partial charge is 0.257 e. The van der Waals surface area contributed by atoms with Crippen LogP contribution in [0.2, 0.25) is 0 Å². The molecule has 4 aromatic rings. The average molecular weight is 831 g/mol. The first kappa shape index (κ1) is 45.6. The van der Waals surface area contributed by atoms with Gasteiger partial charge in [-0.1, -0.05) is 63.4 Å². The van der Waals surface area contributed by atoms with Crippen molar-refractivity contribution >= 4 is 18.3 Å². The maximum Gasteiger partial charge on any atom is 0.257 e. The number of piperidine rings is 2. The van der Waals surface area contributed by atoms with Gasteiger partial charge in [0.2, 0.25) is 5.91 Å². The molecule has 0 bridgehead atoms. The van der Waals surface area contributed by atoms with Gasteiger partial charge in [-0.3, -0.25) is 14.6 Å². The van der Waals surface area contributed by atoms with Crippen molar-refractivity contribution in [2.45, 2.75) is 90.8 Å². The van der Waals surface area contributed by atoms with Gasteiger partial charge in [0, 0.05) is 69.8 Å². The second-order valence-corrected chi connectivity index (χ2v) is 15.5. The predicted octanol–water partition coefficient (Wildman–Crippen LogP) is 7.31. The number of amides is 1. The fraction of sp³-hybridized carbons (Fsp3) is 0.500. The number of halogens is 1. The van der Waals surface area contributed by atoms with Gasteiger partial charge in [-0.2, -0.15) is 0 Å². The third kappa shape index (κ3) is 12.3. The number of carbonyl (C=O) groups excluding carboxylic acids is 1. The Morgan fingerprint density at radius 1 is 0.661 bits per heavy atom. The molecule has 0 unspecified atom stereocenters.